The molecule has 3 aliphatic rings. The number of hydrogen-bond acceptors (Lipinski definition) is 6. The molecular formula is C30H41N2O5+. The largest absolute Gasteiger partial charge is 0.398 e. The zero-order chi connectivity index (χ0) is 25.3. The van der Waals surface area contributed by atoms with E-state index in [-0.39, 0.29) is 0 Å². The van der Waals surface area contributed by atoms with Gasteiger partial charge in [-0.15, -0.1) is 0 Å². The highest BCUT2D eigenvalue weighted by Crippen LogP contribution is 2.38. The smallest absolute Gasteiger partial charge is 0.374 e. The Morgan fingerprint density at radius 2 is 1.49 bits per heavy atom. The Kier molecular flexibility index (Phi) is 9.46. The van der Waals surface area contributed by atoms with Gasteiger partial charge in [0.1, 0.15) is 6.54 Å². The fourth-order valence-electron chi connectivity index (χ4n) is 5.49. The van der Waals surface area contributed by atoms with Crippen molar-refractivity contribution in [1.82, 2.24) is 4.90 Å². The van der Waals surface area contributed by atoms with Crippen molar-refractivity contribution in [3.8, 4) is 0 Å². The molecule has 1 fully saturated rings. The van der Waals surface area contributed by atoms with E-state index in [2.05, 4.69) is 46.8 Å². The van der Waals surface area contributed by atoms with Crippen molar-refractivity contribution in [3.05, 3.63) is 59.2 Å². The second kappa shape index (κ2) is 13.4. The summed E-state index contributed by atoms with van der Waals surface area (Å²) in [5.74, 6) is 1.57. The number of oxazole rings is 1. The number of fused-ring (bicyclic) bond motifs is 2. The van der Waals surface area contributed by atoms with Gasteiger partial charge >= 0.3 is 5.89 Å². The molecule has 0 spiro atoms. The lowest BCUT2D eigenvalue weighted by molar-refractivity contribution is -0.674. The van der Waals surface area contributed by atoms with Crippen LogP contribution in [0.2, 0.25) is 0 Å². The zero-order valence-corrected chi connectivity index (χ0v) is 22.2. The third kappa shape index (κ3) is 6.90. The van der Waals surface area contributed by atoms with Crippen LogP contribution in [0.15, 0.2) is 57.7 Å². The Labute approximate surface area is 220 Å². The van der Waals surface area contributed by atoms with E-state index in [0.717, 1.165) is 49.5 Å². The van der Waals surface area contributed by atoms with Crippen molar-refractivity contribution in [2.24, 2.45) is 5.92 Å². The van der Waals surface area contributed by atoms with Gasteiger partial charge in [-0.1, -0.05) is 18.2 Å². The normalized spacial score (nSPS) is 24.2. The molecule has 1 unspecified atom stereocenters. The maximum Gasteiger partial charge on any atom is 0.374 e. The molecule has 1 atom stereocenters. The molecule has 2 aromatic rings. The summed E-state index contributed by atoms with van der Waals surface area (Å²) in [4.78, 5) is 2.45. The van der Waals surface area contributed by atoms with E-state index < -0.39 is 0 Å². The molecule has 37 heavy (non-hydrogen) atoms. The lowest BCUT2D eigenvalue weighted by Crippen LogP contribution is -2.34. The van der Waals surface area contributed by atoms with Gasteiger partial charge in [0.25, 0.3) is 5.52 Å². The number of hydrogen-bond donors (Lipinski definition) is 0. The number of para-hydroxylation sites is 2. The van der Waals surface area contributed by atoms with Gasteiger partial charge < -0.3 is 28.3 Å². The monoisotopic (exact) mass is 509 g/mol. The minimum absolute atomic E-state index is 0.601. The van der Waals surface area contributed by atoms with E-state index in [1.54, 1.807) is 0 Å². The van der Waals surface area contributed by atoms with Crippen LogP contribution in [0.1, 0.15) is 38.5 Å². The fraction of sp³-hybridized carbons (Fsp3) is 0.567. The van der Waals surface area contributed by atoms with Crippen LogP contribution in [0.25, 0.3) is 17.2 Å². The summed E-state index contributed by atoms with van der Waals surface area (Å²) in [6.07, 6.45) is 11.7. The quantitative estimate of drug-likeness (QED) is 0.567. The van der Waals surface area contributed by atoms with Crippen molar-refractivity contribution < 1.29 is 27.9 Å². The molecule has 7 heteroatoms. The molecule has 0 bridgehead atoms. The van der Waals surface area contributed by atoms with Crippen LogP contribution in [-0.4, -0.2) is 70.8 Å². The van der Waals surface area contributed by atoms with E-state index >= 15 is 0 Å². The van der Waals surface area contributed by atoms with Crippen LogP contribution in [-0.2, 0) is 25.5 Å². The lowest BCUT2D eigenvalue weighted by Gasteiger charge is -2.34. The van der Waals surface area contributed by atoms with Crippen molar-refractivity contribution in [2.75, 3.05) is 65.9 Å². The van der Waals surface area contributed by atoms with Crippen molar-refractivity contribution in [2.45, 2.75) is 39.2 Å². The highest BCUT2D eigenvalue weighted by molar-refractivity contribution is 5.70. The van der Waals surface area contributed by atoms with E-state index in [1.165, 1.54) is 29.7 Å². The van der Waals surface area contributed by atoms with Crippen LogP contribution in [0.4, 0.5) is 0 Å². The number of rotatable bonds is 3. The van der Waals surface area contributed by atoms with Crippen molar-refractivity contribution in [3.63, 3.8) is 0 Å². The van der Waals surface area contributed by atoms with Crippen LogP contribution in [0.3, 0.4) is 0 Å². The average Bonchev–Trinajstić information content (AvgIpc) is 3.27. The Hall–Kier alpha value is -2.45. The van der Waals surface area contributed by atoms with Crippen molar-refractivity contribution in [1.29, 1.82) is 0 Å². The number of allylic oxidation sites excluding steroid dienone is 5. The maximum atomic E-state index is 6.22. The van der Waals surface area contributed by atoms with E-state index in [9.17, 15) is 0 Å². The first-order valence-corrected chi connectivity index (χ1v) is 13.9. The maximum absolute atomic E-state index is 6.22. The summed E-state index contributed by atoms with van der Waals surface area (Å²) >= 11 is 0. The number of aromatic nitrogens is 1. The highest BCUT2D eigenvalue weighted by Gasteiger charge is 2.26. The molecule has 1 aliphatic heterocycles. The van der Waals surface area contributed by atoms with Crippen LogP contribution in [0, 0.1) is 5.92 Å². The Balaban J connectivity index is 1.32. The van der Waals surface area contributed by atoms with Crippen molar-refractivity contribution >= 4 is 17.2 Å². The summed E-state index contributed by atoms with van der Waals surface area (Å²) in [5, 5.41) is 0. The molecule has 0 saturated carbocycles. The summed E-state index contributed by atoms with van der Waals surface area (Å²) < 4.78 is 31.3. The van der Waals surface area contributed by atoms with Crippen LogP contribution >= 0.6 is 0 Å². The predicted octanol–water partition coefficient (Wildman–Crippen LogP) is 4.52. The molecular weight excluding hydrogens is 468 g/mol. The molecule has 2 heterocycles. The van der Waals surface area contributed by atoms with Crippen LogP contribution < -0.4 is 4.57 Å². The molecule has 2 aliphatic carbocycles. The molecule has 7 nitrogen and oxygen atoms in total. The molecule has 5 rings (SSSR count). The van der Waals surface area contributed by atoms with Gasteiger partial charge in [0.05, 0.1) is 58.9 Å². The van der Waals surface area contributed by atoms with Gasteiger partial charge in [-0.25, -0.2) is 0 Å². The number of benzene rings is 1. The molecule has 1 aromatic carbocycles. The minimum atomic E-state index is 0.601. The van der Waals surface area contributed by atoms with E-state index in [1.807, 2.05) is 12.1 Å². The van der Waals surface area contributed by atoms with Gasteiger partial charge in [0.15, 0.2) is 0 Å². The number of ether oxygens (including phenoxy) is 4. The first kappa shape index (κ1) is 26.2. The molecule has 1 saturated heterocycles. The fourth-order valence-corrected chi connectivity index (χ4v) is 5.49. The molecule has 200 valence electrons. The molecule has 0 radical (unpaired) electrons. The average molecular weight is 510 g/mol. The Morgan fingerprint density at radius 3 is 2.19 bits per heavy atom. The molecule has 0 amide bonds. The first-order chi connectivity index (χ1) is 18.3. The minimum Gasteiger partial charge on any atom is -0.398 e. The summed E-state index contributed by atoms with van der Waals surface area (Å²) in [7, 11) is 0. The van der Waals surface area contributed by atoms with Gasteiger partial charge in [-0.3, -0.25) is 0 Å². The van der Waals surface area contributed by atoms with E-state index in [0.29, 0.717) is 58.8 Å². The van der Waals surface area contributed by atoms with Gasteiger partial charge in [0.2, 0.25) is 5.58 Å². The molecule has 1 aromatic heterocycles. The number of nitrogens with zero attached hydrogens (tertiary/aromatic N) is 2. The van der Waals surface area contributed by atoms with Crippen LogP contribution in [0.5, 0.6) is 0 Å². The topological polar surface area (TPSA) is 57.2 Å². The van der Waals surface area contributed by atoms with Gasteiger partial charge in [-0.05, 0) is 61.8 Å². The van der Waals surface area contributed by atoms with Gasteiger partial charge in [-0.2, -0.15) is 4.57 Å². The standard InChI is InChI=1S/C30H41N2O5/c1-2-32-28-5-3-4-6-29(28)37-30(32)22-24-7-8-25-9-10-27(23-26(25)21-24)31-11-13-33-15-17-35-19-20-36-18-16-34-14-12-31/h3-6,21-23,25H,2,7-20H2,1H3/q+1. The molecule has 0 N–H and O–H groups in total. The summed E-state index contributed by atoms with van der Waals surface area (Å²) in [5.41, 5.74) is 6.27. The third-order valence-electron chi connectivity index (χ3n) is 7.48. The first-order valence-electron chi connectivity index (χ1n) is 13.9. The third-order valence-corrected chi connectivity index (χ3v) is 7.48. The highest BCUT2D eigenvalue weighted by atomic mass is 16.6. The van der Waals surface area contributed by atoms with E-state index in [4.69, 9.17) is 23.4 Å². The summed E-state index contributed by atoms with van der Waals surface area (Å²) in [6, 6.07) is 8.28. The predicted molar refractivity (Wildman–Crippen MR) is 143 cm³/mol. The summed E-state index contributed by atoms with van der Waals surface area (Å²) in [6.45, 7) is 9.81. The Morgan fingerprint density at radius 1 is 0.838 bits per heavy atom. The lowest BCUT2D eigenvalue weighted by atomic mass is 9.78. The second-order valence-electron chi connectivity index (χ2n) is 9.86. The van der Waals surface area contributed by atoms with Gasteiger partial charge in [0, 0.05) is 24.9 Å². The second-order valence-corrected chi connectivity index (χ2v) is 9.86. The SMILES string of the molecule is CC[n+]1c(/C=C2/C=C3C=C(N4CCOCCOCCOCCOCC4)CCC3CC2)oc2ccccc21. The number of aryl methyl sites for hydroxylation is 1. The zero-order valence-electron chi connectivity index (χ0n) is 22.2. The Bertz CT molecular complexity index is 1100.